The Bertz CT molecular complexity index is 1660. The zero-order valence-corrected chi connectivity index (χ0v) is 23.9. The molecule has 2 aromatic carbocycles. The third-order valence-electron chi connectivity index (χ3n) is 7.86. The molecule has 1 unspecified atom stereocenters. The molecule has 1 atom stereocenters. The van der Waals surface area contributed by atoms with Crippen molar-refractivity contribution in [2.24, 2.45) is 5.92 Å². The van der Waals surface area contributed by atoms with Crippen LogP contribution in [0.1, 0.15) is 31.0 Å². The Morgan fingerprint density at radius 3 is 2.54 bits per heavy atom. The van der Waals surface area contributed by atoms with Crippen LogP contribution >= 0.6 is 0 Å². The molecule has 1 amide bonds. The quantitative estimate of drug-likeness (QED) is 0.284. The molecule has 0 radical (unpaired) electrons. The fourth-order valence-corrected chi connectivity index (χ4v) is 5.74. The van der Waals surface area contributed by atoms with Gasteiger partial charge in [-0.1, -0.05) is 54.6 Å². The number of amides is 1. The van der Waals surface area contributed by atoms with E-state index in [0.29, 0.717) is 6.61 Å². The van der Waals surface area contributed by atoms with E-state index in [1.54, 1.807) is 7.11 Å². The Morgan fingerprint density at radius 2 is 1.80 bits per heavy atom. The highest BCUT2D eigenvalue weighted by Crippen LogP contribution is 2.34. The van der Waals surface area contributed by atoms with Crippen molar-refractivity contribution in [2.45, 2.75) is 39.3 Å². The highest BCUT2D eigenvalue weighted by molar-refractivity contribution is 5.90. The molecule has 1 N–H and O–H groups in total. The van der Waals surface area contributed by atoms with Gasteiger partial charge in [0.25, 0.3) is 0 Å². The normalized spacial score (nSPS) is 15.4. The average Bonchev–Trinajstić information content (AvgIpc) is 3.38. The van der Waals surface area contributed by atoms with Crippen molar-refractivity contribution in [3.05, 3.63) is 84.2 Å². The Kier molecular flexibility index (Phi) is 7.76. The molecule has 8 heteroatoms. The lowest BCUT2D eigenvalue weighted by Crippen LogP contribution is -2.44. The van der Waals surface area contributed by atoms with Gasteiger partial charge < -0.3 is 10.1 Å². The van der Waals surface area contributed by atoms with Gasteiger partial charge in [0.1, 0.15) is 0 Å². The fourth-order valence-electron chi connectivity index (χ4n) is 5.74. The third-order valence-corrected chi connectivity index (χ3v) is 7.86. The van der Waals surface area contributed by atoms with Gasteiger partial charge in [0, 0.05) is 54.4 Å². The van der Waals surface area contributed by atoms with E-state index in [1.807, 2.05) is 36.7 Å². The molecule has 1 fully saturated rings. The fraction of sp³-hybridized carbons (Fsp3) is 0.333. The van der Waals surface area contributed by atoms with Gasteiger partial charge in [0.05, 0.1) is 18.0 Å². The summed E-state index contributed by atoms with van der Waals surface area (Å²) < 4.78 is 6.98. The first-order valence-corrected chi connectivity index (χ1v) is 14.3. The molecule has 8 nitrogen and oxygen atoms in total. The number of methoxy groups -OCH3 is 1. The van der Waals surface area contributed by atoms with Gasteiger partial charge in [-0.15, -0.1) is 0 Å². The minimum atomic E-state index is 0.0369. The number of carbonyl (C=O) groups excluding carboxylic acids is 1. The number of benzene rings is 2. The van der Waals surface area contributed by atoms with Crippen molar-refractivity contribution in [3.63, 3.8) is 0 Å². The first-order chi connectivity index (χ1) is 20.0. The Balaban J connectivity index is 1.22. The van der Waals surface area contributed by atoms with E-state index in [1.165, 1.54) is 5.56 Å². The van der Waals surface area contributed by atoms with E-state index in [9.17, 15) is 4.79 Å². The number of aromatic nitrogens is 4. The van der Waals surface area contributed by atoms with Crippen LogP contribution in [0.5, 0.6) is 0 Å². The molecular formula is C33H36N6O2. The summed E-state index contributed by atoms with van der Waals surface area (Å²) in [6.07, 6.45) is 3.63. The second-order valence-corrected chi connectivity index (χ2v) is 11.1. The molecular weight excluding hydrogens is 512 g/mol. The van der Waals surface area contributed by atoms with E-state index < -0.39 is 0 Å². The van der Waals surface area contributed by atoms with Crippen LogP contribution in [0.25, 0.3) is 39.1 Å². The monoisotopic (exact) mass is 548 g/mol. The number of pyridine rings is 1. The number of fused-ring (bicyclic) bond motifs is 3. The number of hydrogen-bond acceptors (Lipinski definition) is 6. The van der Waals surface area contributed by atoms with Crippen molar-refractivity contribution < 1.29 is 9.53 Å². The van der Waals surface area contributed by atoms with Crippen molar-refractivity contribution in [1.82, 2.24) is 29.8 Å². The SMILES string of the molecule is COCC(C)NC(=O)C1CCN(Cc2ccc(-c3nc4c(cnc5cc(C)nn54)cc3-c3ccccc3)cc2)CC1. The lowest BCUT2D eigenvalue weighted by Gasteiger charge is -2.31. The van der Waals surface area contributed by atoms with Crippen LogP contribution in [0.15, 0.2) is 72.9 Å². The minimum absolute atomic E-state index is 0.0369. The molecule has 0 bridgehead atoms. The summed E-state index contributed by atoms with van der Waals surface area (Å²) in [5.74, 6) is 0.220. The summed E-state index contributed by atoms with van der Waals surface area (Å²) in [4.78, 5) is 24.8. The van der Waals surface area contributed by atoms with Crippen LogP contribution in [-0.4, -0.2) is 63.2 Å². The number of nitrogens with one attached hydrogen (secondary N) is 1. The second-order valence-electron chi connectivity index (χ2n) is 11.1. The number of carbonyl (C=O) groups is 1. The summed E-state index contributed by atoms with van der Waals surface area (Å²) in [7, 11) is 1.66. The van der Waals surface area contributed by atoms with Gasteiger partial charge in [0.15, 0.2) is 11.3 Å². The highest BCUT2D eigenvalue weighted by Gasteiger charge is 2.26. The van der Waals surface area contributed by atoms with Crippen molar-refractivity contribution in [3.8, 4) is 22.4 Å². The molecule has 3 aromatic heterocycles. The van der Waals surface area contributed by atoms with Gasteiger partial charge in [-0.05, 0) is 57.0 Å². The predicted octanol–water partition coefficient (Wildman–Crippen LogP) is 5.28. The van der Waals surface area contributed by atoms with Crippen molar-refractivity contribution in [1.29, 1.82) is 0 Å². The van der Waals surface area contributed by atoms with Crippen LogP contribution in [-0.2, 0) is 16.1 Å². The predicted molar refractivity (Wildman–Crippen MR) is 161 cm³/mol. The molecule has 0 spiro atoms. The summed E-state index contributed by atoms with van der Waals surface area (Å²) in [5, 5.41) is 8.68. The number of aryl methyl sites for hydroxylation is 1. The molecule has 210 valence electrons. The minimum Gasteiger partial charge on any atom is -0.383 e. The van der Waals surface area contributed by atoms with E-state index in [-0.39, 0.29) is 17.9 Å². The maximum atomic E-state index is 12.6. The van der Waals surface area contributed by atoms with E-state index in [0.717, 1.165) is 77.2 Å². The molecule has 41 heavy (non-hydrogen) atoms. The lowest BCUT2D eigenvalue weighted by molar-refractivity contribution is -0.127. The second kappa shape index (κ2) is 11.8. The lowest BCUT2D eigenvalue weighted by atomic mass is 9.95. The van der Waals surface area contributed by atoms with Crippen LogP contribution in [0.3, 0.4) is 0 Å². The molecule has 1 aliphatic rings. The van der Waals surface area contributed by atoms with Gasteiger partial charge in [-0.3, -0.25) is 9.69 Å². The van der Waals surface area contributed by atoms with Crippen molar-refractivity contribution in [2.75, 3.05) is 26.8 Å². The van der Waals surface area contributed by atoms with Gasteiger partial charge >= 0.3 is 0 Å². The van der Waals surface area contributed by atoms with E-state index >= 15 is 0 Å². The number of piperidine rings is 1. The molecule has 5 aromatic rings. The maximum absolute atomic E-state index is 12.6. The number of hydrogen-bond donors (Lipinski definition) is 1. The first-order valence-electron chi connectivity index (χ1n) is 14.3. The van der Waals surface area contributed by atoms with Gasteiger partial charge in [-0.25, -0.2) is 9.97 Å². The van der Waals surface area contributed by atoms with Crippen molar-refractivity contribution >= 4 is 22.6 Å². The van der Waals surface area contributed by atoms with Crippen LogP contribution in [0, 0.1) is 12.8 Å². The van der Waals surface area contributed by atoms with E-state index in [4.69, 9.17) is 9.72 Å². The summed E-state index contributed by atoms with van der Waals surface area (Å²) >= 11 is 0. The first kappa shape index (κ1) is 27.1. The van der Waals surface area contributed by atoms with E-state index in [2.05, 4.69) is 74.9 Å². The number of likely N-dealkylation sites (tertiary alicyclic amines) is 1. The smallest absolute Gasteiger partial charge is 0.223 e. The Hall–Kier alpha value is -4.14. The topological polar surface area (TPSA) is 84.6 Å². The molecule has 1 saturated heterocycles. The summed E-state index contributed by atoms with van der Waals surface area (Å²) in [6, 6.07) is 23.3. The maximum Gasteiger partial charge on any atom is 0.223 e. The van der Waals surface area contributed by atoms with Gasteiger partial charge in [-0.2, -0.15) is 9.61 Å². The summed E-state index contributed by atoms with van der Waals surface area (Å²) in [6.45, 7) is 7.18. The zero-order valence-electron chi connectivity index (χ0n) is 23.9. The van der Waals surface area contributed by atoms with Crippen LogP contribution < -0.4 is 5.32 Å². The molecule has 0 saturated carbocycles. The standard InChI is InChI=1S/C33H36N6O2/c1-22-17-30-34-19-28-18-29(25-7-5-4-6-8-25)31(36-32(28)39(30)37-22)26-11-9-24(10-12-26)20-38-15-13-27(14-16-38)33(40)35-23(2)21-41-3/h4-12,17-19,23,27H,13-16,20-21H2,1-3H3,(H,35,40). The Labute approximate surface area is 240 Å². The van der Waals surface area contributed by atoms with Gasteiger partial charge in [0.2, 0.25) is 5.91 Å². The van der Waals surface area contributed by atoms with Crippen LogP contribution in [0.2, 0.25) is 0 Å². The highest BCUT2D eigenvalue weighted by atomic mass is 16.5. The largest absolute Gasteiger partial charge is 0.383 e. The number of ether oxygens (including phenoxy) is 1. The number of rotatable bonds is 8. The molecule has 6 rings (SSSR count). The average molecular weight is 549 g/mol. The molecule has 0 aliphatic carbocycles. The molecule has 4 heterocycles. The summed E-state index contributed by atoms with van der Waals surface area (Å²) in [5.41, 5.74) is 7.91. The third kappa shape index (κ3) is 5.85. The zero-order chi connectivity index (χ0) is 28.3. The molecule has 1 aliphatic heterocycles. The van der Waals surface area contributed by atoms with Crippen LogP contribution in [0.4, 0.5) is 0 Å². The number of nitrogens with zero attached hydrogens (tertiary/aromatic N) is 5. The Morgan fingerprint density at radius 1 is 1.05 bits per heavy atom.